The number of amides is 1. The molecule has 0 spiro atoms. The largest absolute Gasteiger partial charge is 0.496 e. The molecule has 3 aromatic rings. The fourth-order valence-electron chi connectivity index (χ4n) is 5.45. The zero-order valence-corrected chi connectivity index (χ0v) is 23.1. The molecular formula is C27H34N4O5S. The second kappa shape index (κ2) is 9.89. The van der Waals surface area contributed by atoms with Crippen molar-refractivity contribution in [3.8, 4) is 5.75 Å². The first-order chi connectivity index (χ1) is 17.4. The minimum atomic E-state index is -1.50. The number of methoxy groups -OCH3 is 1. The van der Waals surface area contributed by atoms with Crippen molar-refractivity contribution in [2.75, 3.05) is 7.11 Å². The van der Waals surface area contributed by atoms with E-state index >= 15 is 0 Å². The van der Waals surface area contributed by atoms with Gasteiger partial charge in [0.15, 0.2) is 5.82 Å². The Balaban J connectivity index is 1.92. The summed E-state index contributed by atoms with van der Waals surface area (Å²) >= 11 is 1.39. The molecule has 3 atom stereocenters. The smallest absolute Gasteiger partial charge is 0.329 e. The molecule has 1 saturated heterocycles. The molecule has 2 aromatic heterocycles. The van der Waals surface area contributed by atoms with E-state index in [1.54, 1.807) is 31.7 Å². The molecule has 37 heavy (non-hydrogen) atoms. The standard InChI is InChI=1S/C27H34N4O5S/c1-15(2)11-27(25(33)34)12-18(23-29-16(3)30-36-23)22(20-13-37-14-28-20)31(27)24(32)17-8-9-19(26(4,5)6)21(10-17)35-7/h8-10,13-15,18,22H,11-12H2,1-7H3,(H,33,34)/t18-,22-,27+/m1/s1. The van der Waals surface area contributed by atoms with Crippen LogP contribution in [-0.4, -0.2) is 49.7 Å². The maximum Gasteiger partial charge on any atom is 0.329 e. The summed E-state index contributed by atoms with van der Waals surface area (Å²) in [6, 6.07) is 4.63. The maximum atomic E-state index is 14.4. The van der Waals surface area contributed by atoms with E-state index in [0.717, 1.165) is 5.56 Å². The summed E-state index contributed by atoms with van der Waals surface area (Å²) in [5, 5.41) is 16.5. The Bertz CT molecular complexity index is 1280. The lowest BCUT2D eigenvalue weighted by atomic mass is 9.83. The van der Waals surface area contributed by atoms with Gasteiger partial charge in [-0.05, 0) is 48.8 Å². The predicted molar refractivity (Wildman–Crippen MR) is 139 cm³/mol. The van der Waals surface area contributed by atoms with Crippen LogP contribution < -0.4 is 4.74 Å². The van der Waals surface area contributed by atoms with Crippen LogP contribution in [0.4, 0.5) is 0 Å². The molecule has 1 N–H and O–H groups in total. The lowest BCUT2D eigenvalue weighted by Gasteiger charge is -2.39. The van der Waals surface area contributed by atoms with Crippen molar-refractivity contribution < 1.29 is 24.0 Å². The van der Waals surface area contributed by atoms with Crippen LogP contribution in [0.15, 0.2) is 33.6 Å². The number of carboxylic acids is 1. The van der Waals surface area contributed by atoms with Crippen LogP contribution in [0.3, 0.4) is 0 Å². The molecule has 10 heteroatoms. The molecule has 0 unspecified atom stereocenters. The van der Waals surface area contributed by atoms with Gasteiger partial charge < -0.3 is 19.3 Å². The molecule has 3 heterocycles. The predicted octanol–water partition coefficient (Wildman–Crippen LogP) is 5.38. The fraction of sp³-hybridized carbons (Fsp3) is 0.519. The number of carboxylic acid groups (broad SMARTS) is 1. The molecule has 1 aliphatic heterocycles. The van der Waals surface area contributed by atoms with Crippen LogP contribution in [0, 0.1) is 12.8 Å². The second-order valence-electron chi connectivity index (χ2n) is 11.1. The van der Waals surface area contributed by atoms with Gasteiger partial charge in [0.2, 0.25) is 5.89 Å². The van der Waals surface area contributed by atoms with Crippen LogP contribution in [-0.2, 0) is 10.2 Å². The number of rotatable bonds is 7. The highest BCUT2D eigenvalue weighted by Gasteiger charge is 2.61. The first-order valence-corrected chi connectivity index (χ1v) is 13.3. The molecule has 4 rings (SSSR count). The minimum Gasteiger partial charge on any atom is -0.496 e. The molecule has 0 radical (unpaired) electrons. The molecule has 1 aromatic carbocycles. The number of aromatic nitrogens is 3. The van der Waals surface area contributed by atoms with E-state index in [-0.39, 0.29) is 24.2 Å². The summed E-state index contributed by atoms with van der Waals surface area (Å²) in [6.07, 6.45) is 0.392. The molecule has 0 aliphatic carbocycles. The van der Waals surface area contributed by atoms with Crippen molar-refractivity contribution in [3.05, 3.63) is 57.6 Å². The molecule has 1 fully saturated rings. The van der Waals surface area contributed by atoms with E-state index in [0.29, 0.717) is 28.7 Å². The Morgan fingerprint density at radius 1 is 1.32 bits per heavy atom. The maximum absolute atomic E-state index is 14.4. The zero-order valence-electron chi connectivity index (χ0n) is 22.3. The highest BCUT2D eigenvalue weighted by Crippen LogP contribution is 2.54. The van der Waals surface area contributed by atoms with E-state index in [1.165, 1.54) is 16.2 Å². The van der Waals surface area contributed by atoms with Crippen molar-refractivity contribution >= 4 is 23.2 Å². The average Bonchev–Trinajstić information content (AvgIpc) is 3.56. The van der Waals surface area contributed by atoms with Gasteiger partial charge in [0.25, 0.3) is 5.91 Å². The van der Waals surface area contributed by atoms with Gasteiger partial charge in [0, 0.05) is 10.9 Å². The minimum absolute atomic E-state index is 0.00320. The van der Waals surface area contributed by atoms with Gasteiger partial charge >= 0.3 is 5.97 Å². The summed E-state index contributed by atoms with van der Waals surface area (Å²) in [7, 11) is 1.57. The van der Waals surface area contributed by atoms with Crippen LogP contribution in [0.1, 0.15) is 92.8 Å². The van der Waals surface area contributed by atoms with Crippen molar-refractivity contribution in [2.45, 2.75) is 77.3 Å². The monoisotopic (exact) mass is 526 g/mol. The van der Waals surface area contributed by atoms with Gasteiger partial charge in [0.05, 0.1) is 30.3 Å². The Morgan fingerprint density at radius 2 is 2.05 bits per heavy atom. The lowest BCUT2D eigenvalue weighted by molar-refractivity contribution is -0.150. The molecular weight excluding hydrogens is 492 g/mol. The normalized spacial score (nSPS) is 22.0. The Hall–Kier alpha value is -3.27. The third kappa shape index (κ3) is 4.86. The van der Waals surface area contributed by atoms with E-state index in [9.17, 15) is 14.7 Å². The number of likely N-dealkylation sites (tertiary alicyclic amines) is 1. The highest BCUT2D eigenvalue weighted by atomic mass is 32.1. The van der Waals surface area contributed by atoms with Gasteiger partial charge in [-0.1, -0.05) is 45.8 Å². The summed E-state index contributed by atoms with van der Waals surface area (Å²) in [6.45, 7) is 11.8. The quantitative estimate of drug-likeness (QED) is 0.436. The first-order valence-electron chi connectivity index (χ1n) is 12.3. The number of ether oxygens (including phenoxy) is 1. The Morgan fingerprint density at radius 3 is 2.57 bits per heavy atom. The van der Waals surface area contributed by atoms with Crippen molar-refractivity contribution in [3.63, 3.8) is 0 Å². The third-order valence-corrected chi connectivity index (χ3v) is 7.52. The van der Waals surface area contributed by atoms with Gasteiger partial charge in [0.1, 0.15) is 11.3 Å². The summed E-state index contributed by atoms with van der Waals surface area (Å²) < 4.78 is 11.2. The number of carbonyl (C=O) groups is 2. The number of thiazole rings is 1. The number of hydrogen-bond donors (Lipinski definition) is 1. The number of aryl methyl sites for hydroxylation is 1. The summed E-state index contributed by atoms with van der Waals surface area (Å²) in [5.41, 5.74) is 1.88. The lowest BCUT2D eigenvalue weighted by Crippen LogP contribution is -2.54. The van der Waals surface area contributed by atoms with Crippen molar-refractivity contribution in [1.29, 1.82) is 0 Å². The third-order valence-electron chi connectivity index (χ3n) is 6.91. The Labute approximate surface area is 220 Å². The van der Waals surface area contributed by atoms with Gasteiger partial charge in [-0.2, -0.15) is 4.98 Å². The number of nitrogens with zero attached hydrogens (tertiary/aromatic N) is 4. The first kappa shape index (κ1) is 26.8. The van der Waals surface area contributed by atoms with Crippen molar-refractivity contribution in [1.82, 2.24) is 20.0 Å². The molecule has 1 aliphatic rings. The molecule has 0 bridgehead atoms. The van der Waals surface area contributed by atoms with Gasteiger partial charge in [-0.15, -0.1) is 11.3 Å². The SMILES string of the molecule is COc1cc(C(=O)N2[C@@H](c3cscn3)[C@H](c3nc(C)no3)C[C@@]2(CC(C)C)C(=O)O)ccc1C(C)(C)C. The fourth-order valence-corrected chi connectivity index (χ4v) is 6.03. The summed E-state index contributed by atoms with van der Waals surface area (Å²) in [4.78, 5) is 37.9. The van der Waals surface area contributed by atoms with Crippen LogP contribution in [0.5, 0.6) is 5.75 Å². The van der Waals surface area contributed by atoms with E-state index in [4.69, 9.17) is 9.26 Å². The van der Waals surface area contributed by atoms with Crippen LogP contribution >= 0.6 is 11.3 Å². The van der Waals surface area contributed by atoms with Gasteiger partial charge in [-0.25, -0.2) is 9.78 Å². The number of hydrogen-bond acceptors (Lipinski definition) is 8. The number of benzene rings is 1. The summed E-state index contributed by atoms with van der Waals surface area (Å²) in [5.74, 6) is -0.659. The van der Waals surface area contributed by atoms with E-state index in [1.807, 2.05) is 25.3 Å². The van der Waals surface area contributed by atoms with E-state index < -0.39 is 29.4 Å². The Kier molecular flexibility index (Phi) is 7.16. The van der Waals surface area contributed by atoms with Gasteiger partial charge in [-0.3, -0.25) is 4.79 Å². The number of carbonyl (C=O) groups excluding carboxylic acids is 1. The number of aliphatic carboxylic acids is 1. The van der Waals surface area contributed by atoms with Crippen LogP contribution in [0.2, 0.25) is 0 Å². The molecule has 1 amide bonds. The topological polar surface area (TPSA) is 119 Å². The van der Waals surface area contributed by atoms with Crippen molar-refractivity contribution in [2.24, 2.45) is 5.92 Å². The highest BCUT2D eigenvalue weighted by molar-refractivity contribution is 7.07. The molecule has 9 nitrogen and oxygen atoms in total. The second-order valence-corrected chi connectivity index (χ2v) is 11.8. The zero-order chi connectivity index (χ0) is 27.1. The van der Waals surface area contributed by atoms with Crippen LogP contribution in [0.25, 0.3) is 0 Å². The molecule has 0 saturated carbocycles. The molecule has 198 valence electrons. The van der Waals surface area contributed by atoms with E-state index in [2.05, 4.69) is 35.9 Å². The average molecular weight is 527 g/mol.